The van der Waals surface area contributed by atoms with Crippen LogP contribution in [0.1, 0.15) is 43.5 Å². The molecular formula is C28H33N3O5. The van der Waals surface area contributed by atoms with Crippen LogP contribution in [0.5, 0.6) is 5.75 Å². The molecule has 3 N–H and O–H groups in total. The van der Waals surface area contributed by atoms with Gasteiger partial charge < -0.3 is 25.2 Å². The number of carboxylic acids is 1. The van der Waals surface area contributed by atoms with E-state index in [9.17, 15) is 14.7 Å². The van der Waals surface area contributed by atoms with Crippen molar-refractivity contribution >= 4 is 22.8 Å². The summed E-state index contributed by atoms with van der Waals surface area (Å²) in [5.41, 5.74) is 8.67. The fourth-order valence-corrected chi connectivity index (χ4v) is 4.79. The maximum atomic E-state index is 13.3. The second kappa shape index (κ2) is 10.6. The average molecular weight is 492 g/mol. The number of ether oxygens (including phenoxy) is 2. The highest BCUT2D eigenvalue weighted by Crippen LogP contribution is 2.34. The minimum Gasteiger partial charge on any atom is -0.489 e. The standard InChI is InChI=1S/C28H33N3O5/c1-18(2)14-25(26(32)33)31-13-12-28(29,27(31)34)20-8-10-22(11-9-20)36-16-19-15-21(17-35-3)30-24-7-5-4-6-23(19)24/h4-11,15,18,25H,12-14,16-17,29H2,1-3H3,(H,32,33). The van der Waals surface area contributed by atoms with Crippen LogP contribution in [0.3, 0.4) is 0 Å². The molecule has 1 aliphatic rings. The van der Waals surface area contributed by atoms with Crippen molar-refractivity contribution in [3.05, 3.63) is 71.4 Å². The molecule has 0 saturated carbocycles. The van der Waals surface area contributed by atoms with Crippen molar-refractivity contribution in [1.82, 2.24) is 9.88 Å². The third-order valence-corrected chi connectivity index (χ3v) is 6.66. The predicted molar refractivity (Wildman–Crippen MR) is 136 cm³/mol. The molecule has 2 aromatic carbocycles. The molecule has 36 heavy (non-hydrogen) atoms. The van der Waals surface area contributed by atoms with Crippen LogP contribution in [0.25, 0.3) is 10.9 Å². The lowest BCUT2D eigenvalue weighted by Gasteiger charge is -2.28. The maximum absolute atomic E-state index is 13.3. The van der Waals surface area contributed by atoms with Gasteiger partial charge >= 0.3 is 5.97 Å². The molecule has 2 heterocycles. The van der Waals surface area contributed by atoms with E-state index in [2.05, 4.69) is 4.98 Å². The van der Waals surface area contributed by atoms with Gasteiger partial charge in [0, 0.05) is 24.6 Å². The van der Waals surface area contributed by atoms with Gasteiger partial charge in [-0.2, -0.15) is 0 Å². The Hall–Kier alpha value is -3.49. The second-order valence-corrected chi connectivity index (χ2v) is 9.74. The summed E-state index contributed by atoms with van der Waals surface area (Å²) in [6.45, 7) is 4.96. The van der Waals surface area contributed by atoms with E-state index in [0.29, 0.717) is 43.9 Å². The predicted octanol–water partition coefficient (Wildman–Crippen LogP) is 3.85. The molecule has 0 spiro atoms. The number of carbonyl (C=O) groups is 2. The number of benzene rings is 2. The number of hydrogen-bond acceptors (Lipinski definition) is 6. The molecule has 8 nitrogen and oxygen atoms in total. The van der Waals surface area contributed by atoms with E-state index < -0.39 is 17.6 Å². The zero-order chi connectivity index (χ0) is 25.9. The first-order valence-electron chi connectivity index (χ1n) is 12.2. The Morgan fingerprint density at radius 3 is 2.56 bits per heavy atom. The molecule has 0 bridgehead atoms. The van der Waals surface area contributed by atoms with Crippen molar-refractivity contribution in [2.24, 2.45) is 11.7 Å². The van der Waals surface area contributed by atoms with Crippen LogP contribution < -0.4 is 10.5 Å². The third-order valence-electron chi connectivity index (χ3n) is 6.66. The highest BCUT2D eigenvalue weighted by atomic mass is 16.5. The number of fused-ring (bicyclic) bond motifs is 1. The molecule has 8 heteroatoms. The van der Waals surface area contributed by atoms with Crippen LogP contribution in [0.4, 0.5) is 0 Å². The lowest BCUT2D eigenvalue weighted by molar-refractivity contribution is -0.150. The highest BCUT2D eigenvalue weighted by Gasteiger charge is 2.48. The third kappa shape index (κ3) is 5.20. The molecule has 190 valence electrons. The largest absolute Gasteiger partial charge is 0.489 e. The first-order valence-corrected chi connectivity index (χ1v) is 12.2. The Morgan fingerprint density at radius 1 is 1.17 bits per heavy atom. The fraction of sp³-hybridized carbons (Fsp3) is 0.393. The van der Waals surface area contributed by atoms with Crippen molar-refractivity contribution in [2.45, 2.75) is 51.5 Å². The molecule has 1 amide bonds. The van der Waals surface area contributed by atoms with Crippen LogP contribution in [-0.2, 0) is 33.1 Å². The Balaban J connectivity index is 1.49. The number of para-hydroxylation sites is 1. The summed E-state index contributed by atoms with van der Waals surface area (Å²) in [5, 5.41) is 10.7. The van der Waals surface area contributed by atoms with E-state index >= 15 is 0 Å². The summed E-state index contributed by atoms with van der Waals surface area (Å²) in [4.78, 5) is 31.1. The van der Waals surface area contributed by atoms with Crippen LogP contribution in [-0.4, -0.2) is 46.6 Å². The maximum Gasteiger partial charge on any atom is 0.326 e. The number of carboxylic acid groups (broad SMARTS) is 1. The Kier molecular flexibility index (Phi) is 7.56. The number of hydrogen-bond donors (Lipinski definition) is 2. The van der Waals surface area contributed by atoms with Gasteiger partial charge in [0.05, 0.1) is 17.8 Å². The van der Waals surface area contributed by atoms with Gasteiger partial charge in [0.15, 0.2) is 0 Å². The van der Waals surface area contributed by atoms with E-state index in [1.165, 1.54) is 4.90 Å². The molecular weight excluding hydrogens is 458 g/mol. The molecule has 0 aliphatic carbocycles. The number of nitrogens with two attached hydrogens (primary N) is 1. The van der Waals surface area contributed by atoms with E-state index in [0.717, 1.165) is 22.2 Å². The molecule has 0 radical (unpaired) electrons. The van der Waals surface area contributed by atoms with Gasteiger partial charge in [-0.05, 0) is 48.6 Å². The summed E-state index contributed by atoms with van der Waals surface area (Å²) < 4.78 is 11.3. The van der Waals surface area contributed by atoms with Crippen LogP contribution in [0.15, 0.2) is 54.6 Å². The number of methoxy groups -OCH3 is 1. The lowest BCUT2D eigenvalue weighted by atomic mass is 9.89. The molecule has 2 unspecified atom stereocenters. The number of nitrogens with zero attached hydrogens (tertiary/aromatic N) is 2. The average Bonchev–Trinajstić information content (AvgIpc) is 3.16. The smallest absolute Gasteiger partial charge is 0.326 e. The van der Waals surface area contributed by atoms with Gasteiger partial charge in [-0.15, -0.1) is 0 Å². The molecule has 1 aliphatic heterocycles. The van der Waals surface area contributed by atoms with Gasteiger partial charge in [-0.1, -0.05) is 44.2 Å². The summed E-state index contributed by atoms with van der Waals surface area (Å²) in [6.07, 6.45) is 0.749. The molecule has 1 saturated heterocycles. The minimum absolute atomic E-state index is 0.145. The van der Waals surface area contributed by atoms with Crippen molar-refractivity contribution in [1.29, 1.82) is 0 Å². The number of rotatable bonds is 10. The molecule has 4 rings (SSSR count). The van der Waals surface area contributed by atoms with Gasteiger partial charge in [0.1, 0.15) is 23.9 Å². The quantitative estimate of drug-likeness (QED) is 0.443. The minimum atomic E-state index is -1.25. The SMILES string of the molecule is COCc1cc(COc2ccc(C3(N)CCN(C(CC(C)C)C(=O)O)C3=O)cc2)c2ccccc2n1. The van der Waals surface area contributed by atoms with Gasteiger partial charge in [-0.25, -0.2) is 4.79 Å². The van der Waals surface area contributed by atoms with Crippen molar-refractivity contribution in [3.63, 3.8) is 0 Å². The zero-order valence-electron chi connectivity index (χ0n) is 20.9. The fourth-order valence-electron chi connectivity index (χ4n) is 4.79. The van der Waals surface area contributed by atoms with Gasteiger partial charge in [0.25, 0.3) is 0 Å². The number of pyridine rings is 1. The number of amides is 1. The molecule has 3 aromatic rings. The summed E-state index contributed by atoms with van der Waals surface area (Å²) in [7, 11) is 1.64. The van der Waals surface area contributed by atoms with Crippen LogP contribution in [0.2, 0.25) is 0 Å². The Labute approximate surface area is 211 Å². The number of likely N-dealkylation sites (tertiary alicyclic amines) is 1. The summed E-state index contributed by atoms with van der Waals surface area (Å²) >= 11 is 0. The first kappa shape index (κ1) is 25.6. The number of aromatic nitrogens is 1. The first-order chi connectivity index (χ1) is 17.2. The normalized spacial score (nSPS) is 18.7. The molecule has 1 aromatic heterocycles. The second-order valence-electron chi connectivity index (χ2n) is 9.74. The van der Waals surface area contributed by atoms with Gasteiger partial charge in [-0.3, -0.25) is 9.78 Å². The molecule has 2 atom stereocenters. The van der Waals surface area contributed by atoms with Crippen LogP contribution in [0, 0.1) is 5.92 Å². The number of aliphatic carboxylic acids is 1. The Bertz CT molecular complexity index is 1240. The highest BCUT2D eigenvalue weighted by molar-refractivity contribution is 5.93. The monoisotopic (exact) mass is 491 g/mol. The van der Waals surface area contributed by atoms with E-state index in [1.54, 1.807) is 31.4 Å². The summed E-state index contributed by atoms with van der Waals surface area (Å²) in [5.74, 6) is -0.561. The molecule has 1 fully saturated rings. The zero-order valence-corrected chi connectivity index (χ0v) is 20.9. The topological polar surface area (TPSA) is 115 Å². The lowest BCUT2D eigenvalue weighted by Crippen LogP contribution is -2.50. The van der Waals surface area contributed by atoms with Crippen molar-refractivity contribution < 1.29 is 24.2 Å². The van der Waals surface area contributed by atoms with Crippen molar-refractivity contribution in [2.75, 3.05) is 13.7 Å². The number of carbonyl (C=O) groups excluding carboxylic acids is 1. The van der Waals surface area contributed by atoms with E-state index in [1.807, 2.05) is 44.2 Å². The van der Waals surface area contributed by atoms with E-state index in [4.69, 9.17) is 15.2 Å². The van der Waals surface area contributed by atoms with Gasteiger partial charge in [0.2, 0.25) is 5.91 Å². The van der Waals surface area contributed by atoms with E-state index in [-0.39, 0.29) is 11.8 Å². The van der Waals surface area contributed by atoms with Crippen LogP contribution >= 0.6 is 0 Å². The summed E-state index contributed by atoms with van der Waals surface area (Å²) in [6, 6.07) is 16.2. The Morgan fingerprint density at radius 2 is 1.89 bits per heavy atom. The van der Waals surface area contributed by atoms with Crippen molar-refractivity contribution in [3.8, 4) is 5.75 Å².